The molecule has 1 N–H and O–H groups in total. The fraction of sp³-hybridized carbons (Fsp3) is 0.267. The van der Waals surface area contributed by atoms with E-state index in [2.05, 4.69) is 23.2 Å². The summed E-state index contributed by atoms with van der Waals surface area (Å²) in [5, 5.41) is 2.66. The Balaban J connectivity index is 3.18. The number of hydrogen-bond acceptors (Lipinski definition) is 4. The van der Waals surface area contributed by atoms with Crippen molar-refractivity contribution in [2.24, 2.45) is 0 Å². The predicted molar refractivity (Wildman–Crippen MR) is 77.2 cm³/mol. The van der Waals surface area contributed by atoms with Gasteiger partial charge in [-0.25, -0.2) is 4.79 Å². The van der Waals surface area contributed by atoms with Gasteiger partial charge >= 0.3 is 6.09 Å². The zero-order valence-corrected chi connectivity index (χ0v) is 11.7. The Hall–Kier alpha value is -2.43. The third-order valence-corrected chi connectivity index (χ3v) is 2.61. The zero-order chi connectivity index (χ0) is 15.0. The first-order valence-electron chi connectivity index (χ1n) is 6.05. The molecule has 0 spiro atoms. The van der Waals surface area contributed by atoms with Crippen LogP contribution in [0, 0.1) is 0 Å². The van der Waals surface area contributed by atoms with Gasteiger partial charge in [0, 0.05) is 0 Å². The topological polar surface area (TPSA) is 56.8 Å². The van der Waals surface area contributed by atoms with Gasteiger partial charge in [0.25, 0.3) is 0 Å². The highest BCUT2D eigenvalue weighted by molar-refractivity contribution is 5.69. The summed E-state index contributed by atoms with van der Waals surface area (Å²) in [4.78, 5) is 11.4. The van der Waals surface area contributed by atoms with Crippen LogP contribution in [0.25, 0.3) is 0 Å². The summed E-state index contributed by atoms with van der Waals surface area (Å²) >= 11 is 0. The van der Waals surface area contributed by atoms with E-state index in [1.54, 1.807) is 37.5 Å². The van der Waals surface area contributed by atoms with Gasteiger partial charge in [-0.3, -0.25) is 0 Å². The van der Waals surface area contributed by atoms with Crippen LogP contribution in [0.5, 0.6) is 11.5 Å². The average Bonchev–Trinajstić information content (AvgIpc) is 2.49. The number of ether oxygens (including phenoxy) is 3. The highest BCUT2D eigenvalue weighted by atomic mass is 16.5. The molecule has 1 atom stereocenters. The number of hydrogen-bond donors (Lipinski definition) is 1. The van der Waals surface area contributed by atoms with E-state index in [0.29, 0.717) is 23.7 Å². The van der Waals surface area contributed by atoms with Crippen LogP contribution in [0.2, 0.25) is 0 Å². The molecule has 1 unspecified atom stereocenters. The van der Waals surface area contributed by atoms with Gasteiger partial charge < -0.3 is 19.5 Å². The van der Waals surface area contributed by atoms with Crippen molar-refractivity contribution >= 4 is 6.09 Å². The highest BCUT2D eigenvalue weighted by Gasteiger charge is 2.20. The monoisotopic (exact) mass is 277 g/mol. The molecule has 1 amide bonds. The molecule has 0 radical (unpaired) electrons. The van der Waals surface area contributed by atoms with Crippen molar-refractivity contribution in [3.05, 3.63) is 49.1 Å². The summed E-state index contributed by atoms with van der Waals surface area (Å²) in [5.41, 5.74) is 0.678. The van der Waals surface area contributed by atoms with E-state index in [4.69, 9.17) is 9.47 Å². The van der Waals surface area contributed by atoms with Gasteiger partial charge in [-0.1, -0.05) is 24.8 Å². The zero-order valence-electron chi connectivity index (χ0n) is 11.7. The number of carbonyl (C=O) groups excluding carboxylic acids is 1. The lowest BCUT2D eigenvalue weighted by Gasteiger charge is -2.20. The van der Waals surface area contributed by atoms with Crippen LogP contribution >= 0.6 is 0 Å². The Morgan fingerprint density at radius 1 is 1.35 bits per heavy atom. The normalized spacial score (nSPS) is 11.1. The lowest BCUT2D eigenvalue weighted by atomic mass is 10.0. The van der Waals surface area contributed by atoms with Crippen LogP contribution in [0.15, 0.2) is 43.5 Å². The molecular formula is C15H19NO4. The molecule has 1 aromatic rings. The van der Waals surface area contributed by atoms with E-state index in [-0.39, 0.29) is 0 Å². The van der Waals surface area contributed by atoms with Crippen molar-refractivity contribution < 1.29 is 19.0 Å². The Morgan fingerprint density at radius 2 is 2.05 bits per heavy atom. The highest BCUT2D eigenvalue weighted by Crippen LogP contribution is 2.34. The van der Waals surface area contributed by atoms with Gasteiger partial charge in [0.05, 0.1) is 25.8 Å². The standard InChI is InChI=1S/C15H19NO4/c1-5-10-20-13-9-7-8-12(18-3)14(13)11(6-2)16-15(17)19-4/h5-9,11H,1-2,10H2,3-4H3,(H,16,17). The smallest absolute Gasteiger partial charge is 0.407 e. The predicted octanol–water partition coefficient (Wildman–Crippen LogP) is 2.84. The van der Waals surface area contributed by atoms with Gasteiger partial charge in [-0.2, -0.15) is 0 Å². The number of nitrogens with one attached hydrogen (secondary N) is 1. The van der Waals surface area contributed by atoms with Crippen LogP contribution in [0.4, 0.5) is 4.79 Å². The molecule has 108 valence electrons. The van der Waals surface area contributed by atoms with Crippen molar-refractivity contribution in [3.63, 3.8) is 0 Å². The molecule has 0 saturated carbocycles. The van der Waals surface area contributed by atoms with Gasteiger partial charge in [0.1, 0.15) is 18.1 Å². The molecule has 20 heavy (non-hydrogen) atoms. The summed E-state index contributed by atoms with van der Waals surface area (Å²) in [5.74, 6) is 1.18. The molecule has 0 heterocycles. The van der Waals surface area contributed by atoms with E-state index in [1.165, 1.54) is 7.11 Å². The first-order valence-corrected chi connectivity index (χ1v) is 6.05. The van der Waals surface area contributed by atoms with Crippen molar-refractivity contribution in [2.75, 3.05) is 20.8 Å². The summed E-state index contributed by atoms with van der Waals surface area (Å²) in [6.07, 6.45) is 2.66. The summed E-state index contributed by atoms with van der Waals surface area (Å²) in [6, 6.07) is 4.89. The van der Waals surface area contributed by atoms with E-state index in [9.17, 15) is 4.79 Å². The van der Waals surface area contributed by atoms with E-state index in [0.717, 1.165) is 0 Å². The molecule has 0 aliphatic heterocycles. The number of benzene rings is 1. The first kappa shape index (κ1) is 15.6. The molecule has 1 aromatic carbocycles. The SMILES string of the molecule is C=CCOc1cccc(OC)c1C(C=C)NC(=O)OC. The minimum atomic E-state index is -0.560. The Bertz CT molecular complexity index is 485. The maximum absolute atomic E-state index is 11.4. The molecular weight excluding hydrogens is 258 g/mol. The largest absolute Gasteiger partial charge is 0.496 e. The molecule has 5 nitrogen and oxygen atoms in total. The maximum atomic E-state index is 11.4. The molecule has 0 aromatic heterocycles. The van der Waals surface area contributed by atoms with Crippen molar-refractivity contribution in [3.8, 4) is 11.5 Å². The fourth-order valence-corrected chi connectivity index (χ4v) is 1.72. The number of carbonyl (C=O) groups is 1. The maximum Gasteiger partial charge on any atom is 0.407 e. The third-order valence-electron chi connectivity index (χ3n) is 2.61. The molecule has 0 saturated heterocycles. The second-order valence-electron chi connectivity index (χ2n) is 3.82. The molecule has 5 heteroatoms. The summed E-state index contributed by atoms with van der Waals surface area (Å²) in [7, 11) is 2.85. The molecule has 0 fully saturated rings. The fourth-order valence-electron chi connectivity index (χ4n) is 1.72. The Labute approximate surface area is 118 Å². The van der Waals surface area contributed by atoms with Crippen molar-refractivity contribution in [1.82, 2.24) is 5.32 Å². The van der Waals surface area contributed by atoms with E-state index >= 15 is 0 Å². The van der Waals surface area contributed by atoms with Crippen LogP contribution in [-0.4, -0.2) is 26.9 Å². The van der Waals surface area contributed by atoms with Crippen LogP contribution in [0.3, 0.4) is 0 Å². The molecule has 0 bridgehead atoms. The second kappa shape index (κ2) is 7.89. The lowest BCUT2D eigenvalue weighted by molar-refractivity contribution is 0.168. The minimum Gasteiger partial charge on any atom is -0.496 e. The van der Waals surface area contributed by atoms with E-state index < -0.39 is 12.1 Å². The molecule has 1 rings (SSSR count). The summed E-state index contributed by atoms with van der Waals surface area (Å²) < 4.78 is 15.5. The minimum absolute atomic E-state index is 0.349. The van der Waals surface area contributed by atoms with Gasteiger partial charge in [-0.15, -0.1) is 6.58 Å². The van der Waals surface area contributed by atoms with Crippen molar-refractivity contribution in [2.45, 2.75) is 6.04 Å². The third kappa shape index (κ3) is 3.78. The van der Waals surface area contributed by atoms with Gasteiger partial charge in [-0.05, 0) is 12.1 Å². The Kier molecular flexibility index (Phi) is 6.16. The lowest BCUT2D eigenvalue weighted by Crippen LogP contribution is -2.27. The van der Waals surface area contributed by atoms with E-state index in [1.807, 2.05) is 0 Å². The van der Waals surface area contributed by atoms with Crippen LogP contribution in [0.1, 0.15) is 11.6 Å². The summed E-state index contributed by atoms with van der Waals surface area (Å²) in [6.45, 7) is 7.68. The number of methoxy groups -OCH3 is 2. The second-order valence-corrected chi connectivity index (χ2v) is 3.82. The van der Waals surface area contributed by atoms with Gasteiger partial charge in [0.2, 0.25) is 0 Å². The molecule has 0 aliphatic carbocycles. The number of amides is 1. The Morgan fingerprint density at radius 3 is 2.60 bits per heavy atom. The quantitative estimate of drug-likeness (QED) is 0.779. The number of rotatable bonds is 7. The number of alkyl carbamates (subject to hydrolysis) is 1. The average molecular weight is 277 g/mol. The van der Waals surface area contributed by atoms with Crippen molar-refractivity contribution in [1.29, 1.82) is 0 Å². The first-order chi connectivity index (χ1) is 9.67. The van der Waals surface area contributed by atoms with Crippen LogP contribution < -0.4 is 14.8 Å². The van der Waals surface area contributed by atoms with Gasteiger partial charge in [0.15, 0.2) is 0 Å². The molecule has 0 aliphatic rings. The van der Waals surface area contributed by atoms with Crippen LogP contribution in [-0.2, 0) is 4.74 Å².